The number of aromatic nitrogens is 1. The van der Waals surface area contributed by atoms with Gasteiger partial charge in [0.1, 0.15) is 6.26 Å². The molecule has 5 heteroatoms. The fourth-order valence-electron chi connectivity index (χ4n) is 0.878. The van der Waals surface area contributed by atoms with E-state index in [1.165, 1.54) is 6.26 Å². The van der Waals surface area contributed by atoms with Crippen molar-refractivity contribution in [3.63, 3.8) is 0 Å². The summed E-state index contributed by atoms with van der Waals surface area (Å²) in [4.78, 5) is 10.2. The number of carboxylic acid groups (broad SMARTS) is 1. The first kappa shape index (κ1) is 8.73. The minimum absolute atomic E-state index is 0.0551. The Balaban J connectivity index is 2.56. The Morgan fingerprint density at radius 1 is 1.75 bits per heavy atom. The quantitative estimate of drug-likeness (QED) is 0.671. The van der Waals surface area contributed by atoms with Gasteiger partial charge in [0.15, 0.2) is 0 Å². The topological polar surface area (TPSA) is 89.4 Å². The Kier molecular flexibility index (Phi) is 2.82. The summed E-state index contributed by atoms with van der Waals surface area (Å²) in [5, 5.41) is 12.0. The van der Waals surface area contributed by atoms with Gasteiger partial charge in [0.2, 0.25) is 0 Å². The SMILES string of the molecule is NCc1conc1CCC(=O)O. The molecule has 3 N–H and O–H groups in total. The maximum atomic E-state index is 10.2. The Labute approximate surface area is 69.2 Å². The molecule has 0 saturated heterocycles. The van der Waals surface area contributed by atoms with E-state index in [1.54, 1.807) is 0 Å². The van der Waals surface area contributed by atoms with Crippen LogP contribution in [-0.4, -0.2) is 16.2 Å². The first-order valence-corrected chi connectivity index (χ1v) is 3.58. The molecule has 0 aliphatic carbocycles. The van der Waals surface area contributed by atoms with Crippen molar-refractivity contribution in [3.8, 4) is 0 Å². The summed E-state index contributed by atoms with van der Waals surface area (Å²) in [6.45, 7) is 0.332. The van der Waals surface area contributed by atoms with Gasteiger partial charge >= 0.3 is 5.97 Å². The summed E-state index contributed by atoms with van der Waals surface area (Å²) < 4.78 is 4.65. The van der Waals surface area contributed by atoms with E-state index in [4.69, 9.17) is 10.8 Å². The molecule has 1 aromatic heterocycles. The van der Waals surface area contributed by atoms with E-state index in [2.05, 4.69) is 9.68 Å². The van der Waals surface area contributed by atoms with Crippen molar-refractivity contribution in [2.45, 2.75) is 19.4 Å². The lowest BCUT2D eigenvalue weighted by Crippen LogP contribution is -2.02. The zero-order chi connectivity index (χ0) is 8.97. The van der Waals surface area contributed by atoms with Gasteiger partial charge < -0.3 is 15.4 Å². The number of nitrogens with zero attached hydrogens (tertiary/aromatic N) is 1. The highest BCUT2D eigenvalue weighted by molar-refractivity contribution is 5.67. The molecule has 0 bridgehead atoms. The van der Waals surface area contributed by atoms with Crippen LogP contribution in [0, 0.1) is 0 Å². The molecular formula is C7H10N2O3. The van der Waals surface area contributed by atoms with Crippen molar-refractivity contribution in [1.29, 1.82) is 0 Å². The summed E-state index contributed by atoms with van der Waals surface area (Å²) in [5.74, 6) is -0.846. The fraction of sp³-hybridized carbons (Fsp3) is 0.429. The Morgan fingerprint density at radius 3 is 3.08 bits per heavy atom. The summed E-state index contributed by atoms with van der Waals surface area (Å²) in [6.07, 6.45) is 1.87. The third kappa shape index (κ3) is 2.06. The van der Waals surface area contributed by atoms with Crippen molar-refractivity contribution in [1.82, 2.24) is 5.16 Å². The van der Waals surface area contributed by atoms with Crippen molar-refractivity contribution < 1.29 is 14.4 Å². The largest absolute Gasteiger partial charge is 0.481 e. The minimum atomic E-state index is -0.846. The maximum absolute atomic E-state index is 10.2. The number of aryl methyl sites for hydroxylation is 1. The molecule has 0 aliphatic heterocycles. The maximum Gasteiger partial charge on any atom is 0.303 e. The molecule has 0 aromatic carbocycles. The summed E-state index contributed by atoms with van der Waals surface area (Å²) >= 11 is 0. The van der Waals surface area contributed by atoms with Gasteiger partial charge in [0.05, 0.1) is 12.1 Å². The van der Waals surface area contributed by atoms with Gasteiger partial charge in [-0.25, -0.2) is 0 Å². The second kappa shape index (κ2) is 3.87. The van der Waals surface area contributed by atoms with Crippen LogP contribution in [0.2, 0.25) is 0 Å². The summed E-state index contributed by atoms with van der Waals surface area (Å²) in [6, 6.07) is 0. The highest BCUT2D eigenvalue weighted by atomic mass is 16.5. The first-order chi connectivity index (χ1) is 5.74. The lowest BCUT2D eigenvalue weighted by atomic mass is 10.1. The van der Waals surface area contributed by atoms with Gasteiger partial charge in [-0.3, -0.25) is 4.79 Å². The first-order valence-electron chi connectivity index (χ1n) is 3.58. The van der Waals surface area contributed by atoms with Crippen LogP contribution >= 0.6 is 0 Å². The molecule has 1 heterocycles. The number of carbonyl (C=O) groups is 1. The fourth-order valence-corrected chi connectivity index (χ4v) is 0.878. The van der Waals surface area contributed by atoms with Crippen LogP contribution in [0.25, 0.3) is 0 Å². The predicted octanol–water partition coefficient (Wildman–Crippen LogP) is 0.150. The molecule has 0 radical (unpaired) electrons. The third-order valence-electron chi connectivity index (χ3n) is 1.52. The van der Waals surface area contributed by atoms with Gasteiger partial charge in [-0.05, 0) is 0 Å². The molecule has 1 rings (SSSR count). The normalized spacial score (nSPS) is 10.1. The van der Waals surface area contributed by atoms with Crippen LogP contribution in [0.15, 0.2) is 10.8 Å². The summed E-state index contributed by atoms with van der Waals surface area (Å²) in [5.41, 5.74) is 6.77. The lowest BCUT2D eigenvalue weighted by molar-refractivity contribution is -0.136. The molecule has 0 saturated carbocycles. The van der Waals surface area contributed by atoms with E-state index in [-0.39, 0.29) is 6.42 Å². The van der Waals surface area contributed by atoms with Crippen LogP contribution < -0.4 is 5.73 Å². The van der Waals surface area contributed by atoms with E-state index in [0.717, 1.165) is 5.56 Å². The number of hydrogen-bond donors (Lipinski definition) is 2. The van der Waals surface area contributed by atoms with Crippen LogP contribution in [0.1, 0.15) is 17.7 Å². The van der Waals surface area contributed by atoms with Gasteiger partial charge in [0, 0.05) is 18.5 Å². The molecule has 5 nitrogen and oxygen atoms in total. The monoisotopic (exact) mass is 170 g/mol. The predicted molar refractivity (Wildman–Crippen MR) is 40.4 cm³/mol. The lowest BCUT2D eigenvalue weighted by Gasteiger charge is -1.93. The van der Waals surface area contributed by atoms with Crippen molar-refractivity contribution in [2.24, 2.45) is 5.73 Å². The van der Waals surface area contributed by atoms with E-state index in [1.807, 2.05) is 0 Å². The second-order valence-electron chi connectivity index (χ2n) is 2.38. The molecule has 12 heavy (non-hydrogen) atoms. The molecule has 0 spiro atoms. The molecular weight excluding hydrogens is 160 g/mol. The van der Waals surface area contributed by atoms with E-state index in [9.17, 15) is 4.79 Å². The highest BCUT2D eigenvalue weighted by Gasteiger charge is 2.07. The van der Waals surface area contributed by atoms with Gasteiger partial charge in [-0.15, -0.1) is 0 Å². The minimum Gasteiger partial charge on any atom is -0.481 e. The molecule has 0 unspecified atom stereocenters. The van der Waals surface area contributed by atoms with E-state index < -0.39 is 5.97 Å². The Bertz CT molecular complexity index is 269. The van der Waals surface area contributed by atoms with Gasteiger partial charge in [0.25, 0.3) is 0 Å². The Morgan fingerprint density at radius 2 is 2.50 bits per heavy atom. The number of hydrogen-bond acceptors (Lipinski definition) is 4. The highest BCUT2D eigenvalue weighted by Crippen LogP contribution is 2.07. The standard InChI is InChI=1S/C7H10N2O3/c8-3-5-4-12-9-6(5)1-2-7(10)11/h4H,1-3,8H2,(H,10,11). The molecule has 0 aliphatic rings. The number of rotatable bonds is 4. The third-order valence-corrected chi connectivity index (χ3v) is 1.52. The summed E-state index contributed by atoms with van der Waals surface area (Å²) in [7, 11) is 0. The van der Waals surface area contributed by atoms with Crippen LogP contribution in [0.4, 0.5) is 0 Å². The van der Waals surface area contributed by atoms with Crippen LogP contribution in [0.5, 0.6) is 0 Å². The van der Waals surface area contributed by atoms with Crippen molar-refractivity contribution in [3.05, 3.63) is 17.5 Å². The molecule has 0 fully saturated rings. The average Bonchev–Trinajstić information content (AvgIpc) is 2.47. The molecule has 66 valence electrons. The average molecular weight is 170 g/mol. The molecule has 0 atom stereocenters. The van der Waals surface area contributed by atoms with Gasteiger partial charge in [-0.1, -0.05) is 5.16 Å². The number of carboxylic acids is 1. The van der Waals surface area contributed by atoms with Gasteiger partial charge in [-0.2, -0.15) is 0 Å². The smallest absolute Gasteiger partial charge is 0.303 e. The number of aliphatic carboxylic acids is 1. The second-order valence-corrected chi connectivity index (χ2v) is 2.38. The molecule has 1 aromatic rings. The zero-order valence-electron chi connectivity index (χ0n) is 6.49. The van der Waals surface area contributed by atoms with Crippen molar-refractivity contribution >= 4 is 5.97 Å². The van der Waals surface area contributed by atoms with E-state index >= 15 is 0 Å². The van der Waals surface area contributed by atoms with Crippen LogP contribution in [-0.2, 0) is 17.8 Å². The number of nitrogens with two attached hydrogens (primary N) is 1. The Hall–Kier alpha value is -1.36. The molecule has 0 amide bonds. The van der Waals surface area contributed by atoms with Crippen LogP contribution in [0.3, 0.4) is 0 Å². The van der Waals surface area contributed by atoms with Crippen molar-refractivity contribution in [2.75, 3.05) is 0 Å². The zero-order valence-corrected chi connectivity index (χ0v) is 6.49. The van der Waals surface area contributed by atoms with E-state index in [0.29, 0.717) is 18.7 Å².